The van der Waals surface area contributed by atoms with E-state index >= 15 is 0 Å². The van der Waals surface area contributed by atoms with Crippen molar-refractivity contribution in [3.63, 3.8) is 0 Å². The monoisotopic (exact) mass is 248 g/mol. The Hall–Kier alpha value is -1.64. The number of ketones is 1. The van der Waals surface area contributed by atoms with Gasteiger partial charge in [0.2, 0.25) is 0 Å². The average Bonchev–Trinajstić information content (AvgIpc) is 2.30. The normalized spacial score (nSPS) is 28.3. The van der Waals surface area contributed by atoms with Gasteiger partial charge in [-0.05, 0) is 43.3 Å². The molecule has 0 atom stereocenters. The average molecular weight is 248 g/mol. The summed E-state index contributed by atoms with van der Waals surface area (Å²) in [5, 5.41) is 9.10. The van der Waals surface area contributed by atoms with Crippen molar-refractivity contribution < 1.29 is 14.7 Å². The molecule has 0 spiro atoms. The van der Waals surface area contributed by atoms with Gasteiger partial charge in [-0.1, -0.05) is 32.1 Å². The van der Waals surface area contributed by atoms with Crippen molar-refractivity contribution in [2.24, 2.45) is 5.41 Å². The van der Waals surface area contributed by atoms with E-state index in [-0.39, 0.29) is 11.2 Å². The highest BCUT2D eigenvalue weighted by molar-refractivity contribution is 6.03. The first-order valence-electron chi connectivity index (χ1n) is 6.14. The van der Waals surface area contributed by atoms with E-state index in [2.05, 4.69) is 0 Å². The Bertz CT molecular complexity index is 437. The summed E-state index contributed by atoms with van der Waals surface area (Å²) in [6, 6.07) is 0. The second kappa shape index (κ2) is 5.80. The second-order valence-electron chi connectivity index (χ2n) is 5.35. The van der Waals surface area contributed by atoms with Crippen molar-refractivity contribution >= 4 is 11.8 Å². The lowest BCUT2D eigenvalue weighted by molar-refractivity contribution is -0.132. The lowest BCUT2D eigenvalue weighted by Crippen LogP contribution is -2.08. The lowest BCUT2D eigenvalue weighted by Gasteiger charge is -2.17. The van der Waals surface area contributed by atoms with Crippen LogP contribution < -0.4 is 0 Å². The van der Waals surface area contributed by atoms with Crippen LogP contribution in [-0.2, 0) is 9.59 Å². The van der Waals surface area contributed by atoms with Crippen molar-refractivity contribution in [3.8, 4) is 0 Å². The van der Waals surface area contributed by atoms with Crippen LogP contribution in [0.25, 0.3) is 0 Å². The Kier molecular flexibility index (Phi) is 4.65. The van der Waals surface area contributed by atoms with E-state index in [0.29, 0.717) is 30.4 Å². The van der Waals surface area contributed by atoms with Gasteiger partial charge in [0.05, 0.1) is 0 Å². The fourth-order valence-corrected chi connectivity index (χ4v) is 1.73. The number of carboxylic acid groups (broad SMARTS) is 1. The molecule has 0 aliphatic heterocycles. The van der Waals surface area contributed by atoms with Gasteiger partial charge in [-0.25, -0.2) is 4.79 Å². The molecule has 0 radical (unpaired) electrons. The number of hydrogen-bond acceptors (Lipinski definition) is 2. The zero-order valence-electron chi connectivity index (χ0n) is 11.2. The fourth-order valence-electron chi connectivity index (χ4n) is 1.73. The molecule has 98 valence electrons. The first-order valence-corrected chi connectivity index (χ1v) is 6.14. The first kappa shape index (κ1) is 14.4. The summed E-state index contributed by atoms with van der Waals surface area (Å²) in [4.78, 5) is 22.8. The molecule has 0 heterocycles. The summed E-state index contributed by atoms with van der Waals surface area (Å²) in [5.41, 5.74) is 0.893. The smallest absolute Gasteiger partial charge is 0.331 e. The maximum absolute atomic E-state index is 11.8. The molecule has 1 N–H and O–H groups in total. The summed E-state index contributed by atoms with van der Waals surface area (Å²) >= 11 is 0. The van der Waals surface area contributed by atoms with Gasteiger partial charge >= 0.3 is 5.97 Å². The van der Waals surface area contributed by atoms with Gasteiger partial charge in [0.15, 0.2) is 5.78 Å². The number of allylic oxidation sites excluding steroid dienone is 5. The van der Waals surface area contributed by atoms with Gasteiger partial charge in [0.1, 0.15) is 0 Å². The predicted octanol–water partition coefficient (Wildman–Crippen LogP) is 3.28. The number of carbonyl (C=O) groups excluding carboxylic acids is 1. The SMILES string of the molecule is C/C1=C\CC/C(C(=O)O)=C\CC(C)(C)/C=C\C1=O. The molecule has 3 nitrogen and oxygen atoms in total. The van der Waals surface area contributed by atoms with E-state index in [4.69, 9.17) is 5.11 Å². The van der Waals surface area contributed by atoms with Crippen LogP contribution in [0.4, 0.5) is 0 Å². The van der Waals surface area contributed by atoms with Crippen LogP contribution in [0.3, 0.4) is 0 Å². The molecule has 0 aromatic carbocycles. The van der Waals surface area contributed by atoms with Gasteiger partial charge in [-0.3, -0.25) is 4.79 Å². The van der Waals surface area contributed by atoms with Crippen LogP contribution in [0.1, 0.15) is 40.0 Å². The first-order chi connectivity index (χ1) is 8.32. The molecule has 1 aliphatic rings. The minimum atomic E-state index is -0.869. The van der Waals surface area contributed by atoms with Crippen molar-refractivity contribution in [3.05, 3.63) is 35.5 Å². The minimum absolute atomic E-state index is 0.00171. The molecule has 1 rings (SSSR count). The summed E-state index contributed by atoms with van der Waals surface area (Å²) in [5.74, 6) is -0.867. The number of carbonyl (C=O) groups is 2. The molecule has 0 saturated heterocycles. The molecular weight excluding hydrogens is 228 g/mol. The zero-order valence-corrected chi connectivity index (χ0v) is 11.2. The van der Waals surface area contributed by atoms with Gasteiger partial charge in [-0.15, -0.1) is 0 Å². The molecule has 0 fully saturated rings. The Morgan fingerprint density at radius 3 is 2.61 bits per heavy atom. The van der Waals surface area contributed by atoms with Crippen molar-refractivity contribution in [2.45, 2.75) is 40.0 Å². The Labute approximate surface area is 108 Å². The highest BCUT2D eigenvalue weighted by Gasteiger charge is 2.16. The van der Waals surface area contributed by atoms with Crippen LogP contribution in [0.5, 0.6) is 0 Å². The molecule has 0 saturated carbocycles. The molecule has 0 amide bonds. The van der Waals surface area contributed by atoms with E-state index < -0.39 is 5.97 Å². The molecule has 3 heteroatoms. The quantitative estimate of drug-likeness (QED) is 0.774. The summed E-state index contributed by atoms with van der Waals surface area (Å²) in [6.07, 6.45) is 8.70. The summed E-state index contributed by atoms with van der Waals surface area (Å²) in [7, 11) is 0. The molecule has 0 aromatic rings. The standard InChI is InChI=1S/C15H20O3/c1-11-5-4-6-12(14(17)18)7-9-15(2,3)10-8-13(11)16/h5,7-8,10H,4,6,9H2,1-3H3,(H,17,18)/b10-8-,11-5+,12-7+. The highest BCUT2D eigenvalue weighted by atomic mass is 16.4. The maximum atomic E-state index is 11.8. The van der Waals surface area contributed by atoms with E-state index in [1.165, 1.54) is 0 Å². The van der Waals surface area contributed by atoms with E-state index in [0.717, 1.165) is 0 Å². The molecule has 0 bridgehead atoms. The lowest BCUT2D eigenvalue weighted by atomic mass is 9.87. The molecule has 18 heavy (non-hydrogen) atoms. The Balaban J connectivity index is 3.05. The number of carboxylic acids is 1. The largest absolute Gasteiger partial charge is 0.478 e. The van der Waals surface area contributed by atoms with Gasteiger partial charge < -0.3 is 5.11 Å². The van der Waals surface area contributed by atoms with E-state index in [1.54, 1.807) is 19.1 Å². The van der Waals surface area contributed by atoms with Crippen LogP contribution in [0.2, 0.25) is 0 Å². The third-order valence-corrected chi connectivity index (χ3v) is 3.09. The number of hydrogen-bond donors (Lipinski definition) is 1. The molecule has 0 unspecified atom stereocenters. The fraction of sp³-hybridized carbons (Fsp3) is 0.467. The summed E-state index contributed by atoms with van der Waals surface area (Å²) in [6.45, 7) is 5.75. The van der Waals surface area contributed by atoms with Gasteiger partial charge in [0, 0.05) is 5.57 Å². The third kappa shape index (κ3) is 4.32. The van der Waals surface area contributed by atoms with Crippen LogP contribution in [0.15, 0.2) is 35.5 Å². The number of rotatable bonds is 1. The van der Waals surface area contributed by atoms with Crippen LogP contribution in [-0.4, -0.2) is 16.9 Å². The molecule has 1 aliphatic carbocycles. The predicted molar refractivity (Wildman–Crippen MR) is 71.3 cm³/mol. The van der Waals surface area contributed by atoms with Gasteiger partial charge in [0.25, 0.3) is 0 Å². The van der Waals surface area contributed by atoms with Crippen molar-refractivity contribution in [1.29, 1.82) is 0 Å². The van der Waals surface area contributed by atoms with Crippen LogP contribution >= 0.6 is 0 Å². The minimum Gasteiger partial charge on any atom is -0.478 e. The van der Waals surface area contributed by atoms with E-state index in [9.17, 15) is 9.59 Å². The molecule has 0 aromatic heterocycles. The van der Waals surface area contributed by atoms with Gasteiger partial charge in [-0.2, -0.15) is 0 Å². The van der Waals surface area contributed by atoms with Crippen molar-refractivity contribution in [2.75, 3.05) is 0 Å². The zero-order chi connectivity index (χ0) is 13.8. The second-order valence-corrected chi connectivity index (χ2v) is 5.35. The third-order valence-electron chi connectivity index (χ3n) is 3.09. The van der Waals surface area contributed by atoms with Crippen molar-refractivity contribution in [1.82, 2.24) is 0 Å². The maximum Gasteiger partial charge on any atom is 0.331 e. The molecular formula is C15H20O3. The van der Waals surface area contributed by atoms with E-state index in [1.807, 2.05) is 26.0 Å². The Morgan fingerprint density at radius 2 is 2.00 bits per heavy atom. The number of aliphatic carboxylic acids is 1. The topological polar surface area (TPSA) is 54.4 Å². The highest BCUT2D eigenvalue weighted by Crippen LogP contribution is 2.25. The summed E-state index contributed by atoms with van der Waals surface area (Å²) < 4.78 is 0. The van der Waals surface area contributed by atoms with Crippen LogP contribution in [0, 0.1) is 5.41 Å². The Morgan fingerprint density at radius 1 is 1.33 bits per heavy atom.